The number of carbonyl (C=O) groups excluding carboxylic acids is 1. The average Bonchev–Trinajstić information content (AvgIpc) is 2.01. The minimum atomic E-state index is -4.31. The molecule has 0 aromatic heterocycles. The maximum atomic E-state index is 10.8. The van der Waals surface area contributed by atoms with E-state index in [1.807, 2.05) is 5.32 Å². The average molecular weight is 208 g/mol. The first-order valence-electron chi connectivity index (χ1n) is 3.24. The zero-order valence-corrected chi connectivity index (χ0v) is 7.21. The van der Waals surface area contributed by atoms with Crippen molar-refractivity contribution in [2.45, 2.75) is 11.8 Å². The normalized spacial score (nSPS) is 26.7. The molecule has 1 saturated heterocycles. The van der Waals surface area contributed by atoms with Gasteiger partial charge in [0.25, 0.3) is 10.1 Å². The number of nitrogens with two attached hydrogens (primary N) is 1. The van der Waals surface area contributed by atoms with Gasteiger partial charge in [-0.3, -0.25) is 9.87 Å². The Morgan fingerprint density at radius 3 is 2.69 bits per heavy atom. The number of amidine groups is 1. The Balaban J connectivity index is 2.86. The third-order valence-corrected chi connectivity index (χ3v) is 2.45. The van der Waals surface area contributed by atoms with Gasteiger partial charge >= 0.3 is 6.03 Å². The second-order valence-corrected chi connectivity index (χ2v) is 3.98. The highest BCUT2D eigenvalue weighted by atomic mass is 32.2. The van der Waals surface area contributed by atoms with Gasteiger partial charge in [0.05, 0.1) is 0 Å². The summed E-state index contributed by atoms with van der Waals surface area (Å²) >= 11 is 0. The maximum Gasteiger partial charge on any atom is 0.321 e. The zero-order valence-electron chi connectivity index (χ0n) is 6.39. The smallest absolute Gasteiger partial charge is 0.321 e. The summed E-state index contributed by atoms with van der Waals surface area (Å²) in [5, 5.41) is 5.91. The lowest BCUT2D eigenvalue weighted by Crippen LogP contribution is -2.55. The quantitative estimate of drug-likeness (QED) is 0.228. The highest BCUT2D eigenvalue weighted by Crippen LogP contribution is 2.04. The molecule has 74 valence electrons. The molecule has 0 bridgehead atoms. The topological polar surface area (TPSA) is 134 Å². The van der Waals surface area contributed by atoms with Crippen LogP contribution in [0, 0.1) is 0 Å². The monoisotopic (exact) mass is 208 g/mol. The van der Waals surface area contributed by atoms with Crippen LogP contribution < -0.4 is 16.5 Å². The van der Waals surface area contributed by atoms with Crippen LogP contribution in [0.15, 0.2) is 5.10 Å². The first kappa shape index (κ1) is 9.74. The van der Waals surface area contributed by atoms with E-state index in [4.69, 9.17) is 10.4 Å². The lowest BCUT2D eigenvalue weighted by atomic mass is 10.3. The van der Waals surface area contributed by atoms with Gasteiger partial charge < -0.3 is 11.2 Å². The lowest BCUT2D eigenvalue weighted by Gasteiger charge is -2.22. The fraction of sp³-hybridized carbons (Fsp3) is 0.500. The molecule has 2 amide bonds. The predicted molar refractivity (Wildman–Crippen MR) is 43.2 cm³/mol. The molecule has 1 unspecified atom stereocenters. The molecule has 0 aromatic carbocycles. The summed E-state index contributed by atoms with van der Waals surface area (Å²) in [5.41, 5.74) is 0. The molecular weight excluding hydrogens is 200 g/mol. The van der Waals surface area contributed by atoms with E-state index in [2.05, 4.69) is 10.4 Å². The van der Waals surface area contributed by atoms with Gasteiger partial charge in [0, 0.05) is 6.42 Å². The fourth-order valence-corrected chi connectivity index (χ4v) is 1.48. The van der Waals surface area contributed by atoms with Crippen LogP contribution in [0.2, 0.25) is 0 Å². The number of urea groups is 1. The molecule has 0 aromatic rings. The third kappa shape index (κ3) is 2.29. The SMILES string of the molecule is NN=C1CC(S(=O)(=O)O)NC(=O)N1. The van der Waals surface area contributed by atoms with Crippen molar-refractivity contribution in [1.29, 1.82) is 0 Å². The molecule has 1 fully saturated rings. The largest absolute Gasteiger partial charge is 0.322 e. The van der Waals surface area contributed by atoms with E-state index in [9.17, 15) is 13.2 Å². The van der Waals surface area contributed by atoms with Crippen LogP contribution in [0.5, 0.6) is 0 Å². The molecule has 1 aliphatic heterocycles. The molecule has 0 spiro atoms. The van der Waals surface area contributed by atoms with Crippen molar-refractivity contribution in [2.75, 3.05) is 0 Å². The van der Waals surface area contributed by atoms with Crippen molar-refractivity contribution in [3.8, 4) is 0 Å². The summed E-state index contributed by atoms with van der Waals surface area (Å²) in [7, 11) is -4.31. The number of nitrogens with zero attached hydrogens (tertiary/aromatic N) is 1. The Bertz CT molecular complexity index is 347. The van der Waals surface area contributed by atoms with Crippen LogP contribution in [0.4, 0.5) is 4.79 Å². The van der Waals surface area contributed by atoms with Gasteiger partial charge in [-0.15, -0.1) is 0 Å². The van der Waals surface area contributed by atoms with Crippen molar-refractivity contribution < 1.29 is 17.8 Å². The Morgan fingerprint density at radius 1 is 1.62 bits per heavy atom. The molecule has 1 rings (SSSR count). The van der Waals surface area contributed by atoms with E-state index in [1.54, 1.807) is 0 Å². The first-order chi connectivity index (χ1) is 5.93. The van der Waals surface area contributed by atoms with Gasteiger partial charge in [-0.05, 0) is 0 Å². The van der Waals surface area contributed by atoms with E-state index in [1.165, 1.54) is 0 Å². The fourth-order valence-electron chi connectivity index (χ4n) is 0.856. The standard InChI is InChI=1S/C4H8N4O4S/c5-8-2-1-3(13(10,11)12)7-4(9)6-2/h3H,1,5H2,(H,10,11,12)(H2,6,7,8,9). The second kappa shape index (κ2) is 3.18. The van der Waals surface area contributed by atoms with Crippen molar-refractivity contribution in [3.63, 3.8) is 0 Å². The molecule has 13 heavy (non-hydrogen) atoms. The van der Waals surface area contributed by atoms with E-state index in [0.29, 0.717) is 0 Å². The highest BCUT2D eigenvalue weighted by molar-refractivity contribution is 7.86. The van der Waals surface area contributed by atoms with Gasteiger partial charge in [0.1, 0.15) is 5.84 Å². The summed E-state index contributed by atoms with van der Waals surface area (Å²) < 4.78 is 29.8. The highest BCUT2D eigenvalue weighted by Gasteiger charge is 2.31. The summed E-state index contributed by atoms with van der Waals surface area (Å²) in [5.74, 6) is 4.85. The van der Waals surface area contributed by atoms with Crippen LogP contribution in [-0.2, 0) is 10.1 Å². The van der Waals surface area contributed by atoms with E-state index >= 15 is 0 Å². The van der Waals surface area contributed by atoms with Crippen molar-refractivity contribution in [3.05, 3.63) is 0 Å². The van der Waals surface area contributed by atoms with E-state index in [-0.39, 0.29) is 12.3 Å². The van der Waals surface area contributed by atoms with E-state index < -0.39 is 21.5 Å². The van der Waals surface area contributed by atoms with Crippen molar-refractivity contribution in [2.24, 2.45) is 10.9 Å². The number of nitrogens with one attached hydrogen (secondary N) is 2. The summed E-state index contributed by atoms with van der Waals surface area (Å²) in [6.45, 7) is 0. The number of rotatable bonds is 1. The third-order valence-electron chi connectivity index (χ3n) is 1.44. The first-order valence-corrected chi connectivity index (χ1v) is 4.74. The van der Waals surface area contributed by atoms with Gasteiger partial charge in [0.2, 0.25) is 0 Å². The second-order valence-electron chi connectivity index (χ2n) is 2.38. The molecule has 0 saturated carbocycles. The molecule has 9 heteroatoms. The van der Waals surface area contributed by atoms with Gasteiger partial charge in [-0.25, -0.2) is 4.79 Å². The number of hydrogen-bond acceptors (Lipinski definition) is 5. The Kier molecular flexibility index (Phi) is 2.38. The summed E-state index contributed by atoms with van der Waals surface area (Å²) in [6.07, 6.45) is -0.179. The molecule has 1 atom stereocenters. The van der Waals surface area contributed by atoms with Crippen molar-refractivity contribution >= 4 is 22.0 Å². The summed E-state index contributed by atoms with van der Waals surface area (Å²) in [6, 6.07) is -0.766. The molecule has 0 aliphatic carbocycles. The molecule has 0 radical (unpaired) electrons. The number of carbonyl (C=O) groups is 1. The van der Waals surface area contributed by atoms with Crippen LogP contribution in [-0.4, -0.2) is 30.2 Å². The number of amides is 2. The van der Waals surface area contributed by atoms with Crippen LogP contribution in [0.1, 0.15) is 6.42 Å². The van der Waals surface area contributed by atoms with Crippen LogP contribution >= 0.6 is 0 Å². The molecule has 5 N–H and O–H groups in total. The molecule has 1 heterocycles. The molecule has 8 nitrogen and oxygen atoms in total. The van der Waals surface area contributed by atoms with Crippen LogP contribution in [0.3, 0.4) is 0 Å². The molecular formula is C4H8N4O4S. The van der Waals surface area contributed by atoms with E-state index in [0.717, 1.165) is 0 Å². The van der Waals surface area contributed by atoms with Gasteiger partial charge in [0.15, 0.2) is 5.37 Å². The number of hydrazone groups is 1. The maximum absolute atomic E-state index is 10.8. The predicted octanol–water partition coefficient (Wildman–Crippen LogP) is -1.82. The zero-order chi connectivity index (χ0) is 10.1. The van der Waals surface area contributed by atoms with Crippen LogP contribution in [0.25, 0.3) is 0 Å². The summed E-state index contributed by atoms with van der Waals surface area (Å²) in [4.78, 5) is 10.8. The Hall–Kier alpha value is -1.35. The van der Waals surface area contributed by atoms with Crippen molar-refractivity contribution in [1.82, 2.24) is 10.6 Å². The lowest BCUT2D eigenvalue weighted by molar-refractivity contribution is 0.241. The Labute approximate surface area is 73.9 Å². The minimum absolute atomic E-state index is 0.00590. The molecule has 1 aliphatic rings. The minimum Gasteiger partial charge on any atom is -0.322 e. The number of hydrogen-bond donors (Lipinski definition) is 4. The van der Waals surface area contributed by atoms with Gasteiger partial charge in [-0.1, -0.05) is 0 Å². The Morgan fingerprint density at radius 2 is 2.23 bits per heavy atom. The van der Waals surface area contributed by atoms with Gasteiger partial charge in [-0.2, -0.15) is 13.5 Å².